The molecule has 0 aromatic heterocycles. The molecule has 4 amide bonds. The van der Waals surface area contributed by atoms with Crippen molar-refractivity contribution in [2.24, 2.45) is 0 Å². The lowest BCUT2D eigenvalue weighted by atomic mass is 10.2. The number of carbonyl (C=O) groups excluding carboxylic acids is 4. The molecule has 162 valence electrons. The molecule has 0 unspecified atom stereocenters. The minimum Gasteiger partial charge on any atom is -0.338 e. The Bertz CT molecular complexity index is 925. The van der Waals surface area contributed by atoms with E-state index in [0.717, 1.165) is 4.90 Å². The molecular weight excluding hydrogens is 412 g/mol. The summed E-state index contributed by atoms with van der Waals surface area (Å²) < 4.78 is 27.2. The van der Waals surface area contributed by atoms with E-state index in [4.69, 9.17) is 0 Å². The number of hydrogen-bond donors (Lipinski definition) is 1. The highest BCUT2D eigenvalue weighted by atomic mass is 32.2. The van der Waals surface area contributed by atoms with E-state index >= 15 is 0 Å². The van der Waals surface area contributed by atoms with Crippen LogP contribution in [0.15, 0.2) is 35.2 Å². The van der Waals surface area contributed by atoms with Crippen LogP contribution in [0.4, 0.5) is 0 Å². The predicted octanol–water partition coefficient (Wildman–Crippen LogP) is -0.827. The minimum absolute atomic E-state index is 0.0751. The zero-order chi connectivity index (χ0) is 21.9. The second-order valence-corrected chi connectivity index (χ2v) is 8.95. The normalized spacial score (nSPS) is 18.6. The number of benzene rings is 1. The van der Waals surface area contributed by atoms with Crippen molar-refractivity contribution >= 4 is 33.7 Å². The summed E-state index contributed by atoms with van der Waals surface area (Å²) in [7, 11) is -3.82. The van der Waals surface area contributed by atoms with E-state index in [0.29, 0.717) is 0 Å². The number of sulfonamides is 1. The molecule has 1 N–H and O–H groups in total. The maximum Gasteiger partial charge on any atom is 0.242 e. The molecule has 30 heavy (non-hydrogen) atoms. The smallest absolute Gasteiger partial charge is 0.242 e. The molecule has 0 saturated carbocycles. The molecule has 3 rings (SSSR count). The van der Waals surface area contributed by atoms with Gasteiger partial charge in [0.25, 0.3) is 0 Å². The Morgan fingerprint density at radius 1 is 0.967 bits per heavy atom. The third-order valence-electron chi connectivity index (χ3n) is 5.15. The fourth-order valence-corrected chi connectivity index (χ4v) is 4.65. The van der Waals surface area contributed by atoms with Crippen LogP contribution in [-0.2, 0) is 29.2 Å². The fraction of sp³-hybridized carbons (Fsp3) is 0.474. The number of nitrogens with zero attached hydrogens (tertiary/aromatic N) is 3. The topological polar surface area (TPSA) is 124 Å². The fourth-order valence-electron chi connectivity index (χ4n) is 3.44. The Balaban J connectivity index is 1.51. The van der Waals surface area contributed by atoms with Crippen LogP contribution in [0.2, 0.25) is 0 Å². The average molecular weight is 436 g/mol. The number of amides is 4. The summed E-state index contributed by atoms with van der Waals surface area (Å²) >= 11 is 0. The molecule has 2 saturated heterocycles. The number of hydrogen-bond acceptors (Lipinski definition) is 6. The highest BCUT2D eigenvalue weighted by Crippen LogP contribution is 2.13. The SMILES string of the molecule is C[C@H](NS(=O)(=O)c1ccccc1)C(=O)N1CCN(C(=O)CN2C(=O)CCC2=O)CC1. The van der Waals surface area contributed by atoms with Crippen LogP contribution >= 0.6 is 0 Å². The zero-order valence-electron chi connectivity index (χ0n) is 16.6. The van der Waals surface area contributed by atoms with Gasteiger partial charge in [0.2, 0.25) is 33.7 Å². The van der Waals surface area contributed by atoms with Gasteiger partial charge in [-0.1, -0.05) is 18.2 Å². The largest absolute Gasteiger partial charge is 0.338 e. The van der Waals surface area contributed by atoms with Gasteiger partial charge < -0.3 is 9.80 Å². The van der Waals surface area contributed by atoms with Crippen molar-refractivity contribution < 1.29 is 27.6 Å². The summed E-state index contributed by atoms with van der Waals surface area (Å²) in [5.41, 5.74) is 0. The van der Waals surface area contributed by atoms with Crippen molar-refractivity contribution in [2.75, 3.05) is 32.7 Å². The number of piperazine rings is 1. The molecule has 0 spiro atoms. The average Bonchev–Trinajstić information content (AvgIpc) is 3.05. The van der Waals surface area contributed by atoms with Gasteiger partial charge in [0, 0.05) is 39.0 Å². The molecule has 0 bridgehead atoms. The molecule has 1 atom stereocenters. The molecule has 11 heteroatoms. The summed E-state index contributed by atoms with van der Waals surface area (Å²) in [5, 5.41) is 0. The van der Waals surface area contributed by atoms with Crippen LogP contribution < -0.4 is 4.72 Å². The number of likely N-dealkylation sites (tertiary alicyclic amines) is 1. The van der Waals surface area contributed by atoms with Gasteiger partial charge >= 0.3 is 0 Å². The Labute approximate surface area is 174 Å². The van der Waals surface area contributed by atoms with Gasteiger partial charge in [0.05, 0.1) is 10.9 Å². The van der Waals surface area contributed by atoms with Crippen LogP contribution in [-0.4, -0.2) is 85.5 Å². The molecule has 2 heterocycles. The molecule has 1 aromatic carbocycles. The summed E-state index contributed by atoms with van der Waals surface area (Å²) in [5.74, 6) is -1.42. The van der Waals surface area contributed by atoms with E-state index in [1.165, 1.54) is 28.9 Å². The van der Waals surface area contributed by atoms with Gasteiger partial charge in [0.1, 0.15) is 6.54 Å². The van der Waals surface area contributed by atoms with E-state index < -0.39 is 16.1 Å². The molecule has 2 aliphatic heterocycles. The van der Waals surface area contributed by atoms with Crippen molar-refractivity contribution in [1.29, 1.82) is 0 Å². The molecular formula is C19H24N4O6S. The summed E-state index contributed by atoms with van der Waals surface area (Å²) in [6, 6.07) is 6.82. The van der Waals surface area contributed by atoms with Gasteiger partial charge in [0.15, 0.2) is 0 Å². The van der Waals surface area contributed by atoms with Crippen molar-refractivity contribution in [3.63, 3.8) is 0 Å². The maximum atomic E-state index is 12.6. The molecule has 0 aliphatic carbocycles. The van der Waals surface area contributed by atoms with Crippen LogP contribution in [0.25, 0.3) is 0 Å². The number of imide groups is 1. The van der Waals surface area contributed by atoms with Crippen molar-refractivity contribution in [1.82, 2.24) is 19.4 Å². The van der Waals surface area contributed by atoms with Crippen LogP contribution in [0.3, 0.4) is 0 Å². The lowest BCUT2D eigenvalue weighted by Gasteiger charge is -2.36. The van der Waals surface area contributed by atoms with Gasteiger partial charge in [-0.15, -0.1) is 0 Å². The summed E-state index contributed by atoms with van der Waals surface area (Å²) in [4.78, 5) is 52.4. The van der Waals surface area contributed by atoms with Gasteiger partial charge in [-0.05, 0) is 19.1 Å². The first-order chi connectivity index (χ1) is 14.2. The molecule has 0 radical (unpaired) electrons. The molecule has 10 nitrogen and oxygen atoms in total. The molecule has 1 aromatic rings. The first-order valence-corrected chi connectivity index (χ1v) is 11.1. The van der Waals surface area contributed by atoms with Crippen LogP contribution in [0.1, 0.15) is 19.8 Å². The Morgan fingerprint density at radius 3 is 2.07 bits per heavy atom. The lowest BCUT2D eigenvalue weighted by molar-refractivity contribution is -0.147. The van der Waals surface area contributed by atoms with E-state index in [2.05, 4.69) is 4.72 Å². The highest BCUT2D eigenvalue weighted by molar-refractivity contribution is 7.89. The second kappa shape index (κ2) is 8.92. The summed E-state index contributed by atoms with van der Waals surface area (Å²) in [6.07, 6.45) is 0.260. The standard InChI is InChI=1S/C19H24N4O6S/c1-14(20-30(28,29)15-5-3-2-4-6-15)19(27)22-11-9-21(10-12-22)18(26)13-23-16(24)7-8-17(23)25/h2-6,14,20H,7-13H2,1H3/t14-/m0/s1. The zero-order valence-corrected chi connectivity index (χ0v) is 17.4. The summed E-state index contributed by atoms with van der Waals surface area (Å²) in [6.45, 7) is 2.18. The quantitative estimate of drug-likeness (QED) is 0.581. The van der Waals surface area contributed by atoms with E-state index in [-0.39, 0.29) is 74.1 Å². The lowest BCUT2D eigenvalue weighted by Crippen LogP contribution is -2.56. The maximum absolute atomic E-state index is 12.6. The number of carbonyl (C=O) groups is 4. The third kappa shape index (κ3) is 4.85. The van der Waals surface area contributed by atoms with Crippen LogP contribution in [0.5, 0.6) is 0 Å². The van der Waals surface area contributed by atoms with Crippen molar-refractivity contribution in [3.05, 3.63) is 30.3 Å². The monoisotopic (exact) mass is 436 g/mol. The second-order valence-electron chi connectivity index (χ2n) is 7.24. The number of nitrogens with one attached hydrogen (secondary N) is 1. The van der Waals surface area contributed by atoms with Crippen LogP contribution in [0, 0.1) is 0 Å². The highest BCUT2D eigenvalue weighted by Gasteiger charge is 2.34. The first-order valence-electron chi connectivity index (χ1n) is 9.66. The van der Waals surface area contributed by atoms with Gasteiger partial charge in [-0.3, -0.25) is 24.1 Å². The third-order valence-corrected chi connectivity index (χ3v) is 6.70. The molecule has 2 aliphatic rings. The Kier molecular flexibility index (Phi) is 6.52. The van der Waals surface area contributed by atoms with Crippen molar-refractivity contribution in [2.45, 2.75) is 30.7 Å². The molecule has 2 fully saturated rings. The first kappa shape index (κ1) is 21.9. The van der Waals surface area contributed by atoms with Crippen molar-refractivity contribution in [3.8, 4) is 0 Å². The van der Waals surface area contributed by atoms with E-state index in [1.807, 2.05) is 0 Å². The predicted molar refractivity (Wildman–Crippen MR) is 105 cm³/mol. The van der Waals surface area contributed by atoms with Gasteiger partial charge in [-0.2, -0.15) is 4.72 Å². The van der Waals surface area contributed by atoms with E-state index in [9.17, 15) is 27.6 Å². The van der Waals surface area contributed by atoms with E-state index in [1.54, 1.807) is 18.2 Å². The Morgan fingerprint density at radius 2 is 1.50 bits per heavy atom. The minimum atomic E-state index is -3.82. The Hall–Kier alpha value is -2.79. The van der Waals surface area contributed by atoms with Gasteiger partial charge in [-0.25, -0.2) is 8.42 Å². The number of rotatable bonds is 6.